The maximum atomic E-state index is 4.80. The van der Waals surface area contributed by atoms with E-state index in [1.54, 1.807) is 0 Å². The molecule has 3 aliphatic rings. The zero-order valence-electron chi connectivity index (χ0n) is 23.1. The molecule has 0 spiro atoms. The average Bonchev–Trinajstić information content (AvgIpc) is 2.73. The van der Waals surface area contributed by atoms with Gasteiger partial charge in [0.15, 0.2) is 0 Å². The van der Waals surface area contributed by atoms with E-state index in [4.69, 9.17) is 13.2 Å². The summed E-state index contributed by atoms with van der Waals surface area (Å²) in [5.41, 5.74) is 14.1. The number of hydrogen-bond acceptors (Lipinski definition) is 0. The van der Waals surface area contributed by atoms with Crippen LogP contribution in [0.3, 0.4) is 0 Å². The molecule has 0 heterocycles. The van der Waals surface area contributed by atoms with Crippen molar-refractivity contribution in [3.05, 3.63) is 95.1 Å². The minimum absolute atomic E-state index is 0.0176. The lowest BCUT2D eigenvalue weighted by atomic mass is 9.36. The van der Waals surface area contributed by atoms with E-state index in [1.807, 2.05) is 0 Å². The Kier molecular flexibility index (Phi) is 5.34. The standard InChI is InChI=1S/C34H44/c1-18(2)27-15-16-28-23(8)33(13)26(11)32(12)17-20(5)29(19(3)4)24(9)34(32,14)25(10)31(33)22(7)30(28)21(27)6/h15-16,23,26,29H,1,3,5,7,9,17H2,2,4,6,8,10-14H3/t23-,26+,29?,32+,33-,34-/m1/s1. The van der Waals surface area contributed by atoms with Crippen molar-refractivity contribution in [2.75, 3.05) is 0 Å². The van der Waals surface area contributed by atoms with Crippen molar-refractivity contribution in [3.63, 3.8) is 0 Å². The van der Waals surface area contributed by atoms with Crippen LogP contribution in [0.1, 0.15) is 90.0 Å². The summed E-state index contributed by atoms with van der Waals surface area (Å²) in [6, 6.07) is 4.62. The molecule has 1 unspecified atom stereocenters. The van der Waals surface area contributed by atoms with Gasteiger partial charge in [0.05, 0.1) is 0 Å². The summed E-state index contributed by atoms with van der Waals surface area (Å²) in [5, 5.41) is 0. The summed E-state index contributed by atoms with van der Waals surface area (Å²) in [7, 11) is 0. The molecule has 1 aromatic rings. The van der Waals surface area contributed by atoms with Crippen molar-refractivity contribution in [2.45, 2.75) is 74.7 Å². The predicted molar refractivity (Wildman–Crippen MR) is 151 cm³/mol. The Morgan fingerprint density at radius 2 is 1.56 bits per heavy atom. The maximum absolute atomic E-state index is 4.80. The molecule has 1 aromatic carbocycles. The summed E-state index contributed by atoms with van der Waals surface area (Å²) >= 11 is 0. The highest BCUT2D eigenvalue weighted by atomic mass is 14.7. The topological polar surface area (TPSA) is 0 Å². The lowest BCUT2D eigenvalue weighted by Crippen LogP contribution is -2.59. The molecule has 0 N–H and O–H groups in total. The monoisotopic (exact) mass is 452 g/mol. The number of allylic oxidation sites excluding steroid dienone is 7. The first kappa shape index (κ1) is 24.8. The molecule has 0 aliphatic heterocycles. The maximum Gasteiger partial charge on any atom is 0.0215 e. The van der Waals surface area contributed by atoms with Crippen LogP contribution in [-0.4, -0.2) is 0 Å². The van der Waals surface area contributed by atoms with E-state index in [2.05, 4.69) is 94.2 Å². The van der Waals surface area contributed by atoms with Crippen LogP contribution >= 0.6 is 0 Å². The lowest BCUT2D eigenvalue weighted by molar-refractivity contribution is -0.0360. The minimum Gasteiger partial charge on any atom is -0.0992 e. The fraction of sp³-hybridized carbons (Fsp3) is 0.471. The molecule has 34 heavy (non-hydrogen) atoms. The van der Waals surface area contributed by atoms with E-state index in [9.17, 15) is 0 Å². The third-order valence-electron chi connectivity index (χ3n) is 11.1. The molecule has 0 nitrogen and oxygen atoms in total. The fourth-order valence-electron chi connectivity index (χ4n) is 8.63. The van der Waals surface area contributed by atoms with Crippen molar-refractivity contribution >= 4 is 11.1 Å². The summed E-state index contributed by atoms with van der Waals surface area (Å²) in [4.78, 5) is 0. The summed E-state index contributed by atoms with van der Waals surface area (Å²) in [6.45, 7) is 43.9. The molecule has 3 aliphatic carbocycles. The summed E-state index contributed by atoms with van der Waals surface area (Å²) in [6.07, 6.45) is 1.00. The van der Waals surface area contributed by atoms with Crippen LogP contribution in [0.4, 0.5) is 0 Å². The first-order valence-electron chi connectivity index (χ1n) is 12.8. The lowest BCUT2D eigenvalue weighted by Gasteiger charge is -2.68. The van der Waals surface area contributed by atoms with Crippen molar-refractivity contribution in [2.24, 2.45) is 28.1 Å². The second-order valence-corrected chi connectivity index (χ2v) is 12.4. The number of benzene rings is 1. The van der Waals surface area contributed by atoms with Gasteiger partial charge in [-0.05, 0) is 84.8 Å². The molecule has 0 amide bonds. The minimum atomic E-state index is -0.147. The van der Waals surface area contributed by atoms with E-state index in [0.717, 1.165) is 17.6 Å². The van der Waals surface area contributed by atoms with Gasteiger partial charge in [-0.3, -0.25) is 0 Å². The first-order valence-corrected chi connectivity index (χ1v) is 12.8. The van der Waals surface area contributed by atoms with Crippen molar-refractivity contribution in [1.82, 2.24) is 0 Å². The normalized spacial score (nSPS) is 37.2. The highest BCUT2D eigenvalue weighted by Gasteiger charge is 2.65. The van der Waals surface area contributed by atoms with E-state index in [-0.39, 0.29) is 22.2 Å². The number of rotatable bonds is 2. The molecule has 6 atom stereocenters. The zero-order chi connectivity index (χ0) is 25.7. The Balaban J connectivity index is 2.10. The molecule has 1 saturated carbocycles. The van der Waals surface area contributed by atoms with Gasteiger partial charge in [-0.25, -0.2) is 0 Å². The fourth-order valence-corrected chi connectivity index (χ4v) is 8.63. The SMILES string of the molecule is C=C(C)c1ccc2c(c1C)C(=C)C1=C(C)[C@@]3(C)C(=C)C(C(=C)C)C(=C)C[C@@]3(C)[C@H](C)[C@@]1(C)[C@@H]2C. The highest BCUT2D eigenvalue weighted by Crippen LogP contribution is 2.75. The van der Waals surface area contributed by atoms with E-state index < -0.39 is 0 Å². The largest absolute Gasteiger partial charge is 0.0992 e. The van der Waals surface area contributed by atoms with Gasteiger partial charge in [-0.15, -0.1) is 0 Å². The van der Waals surface area contributed by atoms with Gasteiger partial charge in [0.1, 0.15) is 0 Å². The molecule has 0 aromatic heterocycles. The van der Waals surface area contributed by atoms with Gasteiger partial charge in [0.2, 0.25) is 0 Å². The molecule has 1 fully saturated rings. The molecular formula is C34H44. The Morgan fingerprint density at radius 1 is 0.971 bits per heavy atom. The van der Waals surface area contributed by atoms with Crippen molar-refractivity contribution in [3.8, 4) is 0 Å². The quantitative estimate of drug-likeness (QED) is 0.392. The smallest absolute Gasteiger partial charge is 0.0215 e. The van der Waals surface area contributed by atoms with E-state index in [1.165, 1.54) is 50.1 Å². The molecule has 4 rings (SSSR count). The Bertz CT molecular complexity index is 1230. The molecule has 0 radical (unpaired) electrons. The third kappa shape index (κ3) is 2.61. The average molecular weight is 453 g/mol. The van der Waals surface area contributed by atoms with Crippen LogP contribution in [0.2, 0.25) is 0 Å². The van der Waals surface area contributed by atoms with Crippen LogP contribution in [0, 0.1) is 35.0 Å². The number of fused-ring (bicyclic) bond motifs is 3. The van der Waals surface area contributed by atoms with Gasteiger partial charge in [0, 0.05) is 16.7 Å². The predicted octanol–water partition coefficient (Wildman–Crippen LogP) is 9.85. The molecule has 0 saturated heterocycles. The summed E-state index contributed by atoms with van der Waals surface area (Å²) in [5.74, 6) is 0.973. The Hall–Kier alpha value is -2.34. The van der Waals surface area contributed by atoms with Crippen LogP contribution in [0.25, 0.3) is 11.1 Å². The highest BCUT2D eigenvalue weighted by molar-refractivity contribution is 5.89. The third-order valence-corrected chi connectivity index (χ3v) is 11.1. The van der Waals surface area contributed by atoms with Crippen LogP contribution in [-0.2, 0) is 0 Å². The summed E-state index contributed by atoms with van der Waals surface area (Å²) < 4.78 is 0. The molecule has 180 valence electrons. The van der Waals surface area contributed by atoms with Gasteiger partial charge in [-0.2, -0.15) is 0 Å². The first-order chi connectivity index (χ1) is 15.6. The second-order valence-electron chi connectivity index (χ2n) is 12.4. The Labute approximate surface area is 208 Å². The van der Waals surface area contributed by atoms with Gasteiger partial charge < -0.3 is 0 Å². The molecule has 0 heteroatoms. The van der Waals surface area contributed by atoms with Crippen molar-refractivity contribution < 1.29 is 0 Å². The molecule has 0 bridgehead atoms. The van der Waals surface area contributed by atoms with Crippen LogP contribution in [0.15, 0.2) is 72.9 Å². The van der Waals surface area contributed by atoms with Gasteiger partial charge in [-0.1, -0.05) is 108 Å². The molecular weight excluding hydrogens is 408 g/mol. The van der Waals surface area contributed by atoms with E-state index >= 15 is 0 Å². The van der Waals surface area contributed by atoms with Gasteiger partial charge >= 0.3 is 0 Å². The van der Waals surface area contributed by atoms with Gasteiger partial charge in [0.25, 0.3) is 0 Å². The number of hydrogen-bond donors (Lipinski definition) is 0. The second kappa shape index (κ2) is 7.33. The van der Waals surface area contributed by atoms with E-state index in [0.29, 0.717) is 11.8 Å². The van der Waals surface area contributed by atoms with Crippen LogP contribution in [0.5, 0.6) is 0 Å². The van der Waals surface area contributed by atoms with Crippen molar-refractivity contribution in [1.29, 1.82) is 0 Å². The Morgan fingerprint density at radius 3 is 2.09 bits per heavy atom. The zero-order valence-corrected chi connectivity index (χ0v) is 23.1. The van der Waals surface area contributed by atoms with Crippen LogP contribution < -0.4 is 0 Å².